The van der Waals surface area contributed by atoms with Gasteiger partial charge < -0.3 is 28.3 Å². The number of fused-ring (bicyclic) bond motifs is 1. The Morgan fingerprint density at radius 1 is 0.724 bits per heavy atom. The van der Waals surface area contributed by atoms with E-state index in [1.54, 1.807) is 7.11 Å². The quantitative estimate of drug-likeness (QED) is 0.805. The Morgan fingerprint density at radius 2 is 1.21 bits per heavy atom. The third-order valence-electron chi connectivity index (χ3n) is 7.00. The molecule has 0 atom stereocenters. The number of hydrogen-bond acceptors (Lipinski definition) is 5. The van der Waals surface area contributed by atoms with E-state index in [0.717, 1.165) is 27.7 Å². The number of nitrogens with one attached hydrogen (secondary N) is 1. The van der Waals surface area contributed by atoms with Crippen molar-refractivity contribution in [3.05, 3.63) is 18.2 Å². The zero-order chi connectivity index (χ0) is 21.4. The molecule has 0 bridgehead atoms. The highest BCUT2D eigenvalue weighted by molar-refractivity contribution is 6.66. The summed E-state index contributed by atoms with van der Waals surface area (Å²) in [5.74, 6) is 0.752. The molecule has 6 nitrogen and oxygen atoms in total. The SMILES string of the molecule is COc1cc(B2OC(C)(C)C(C)(C)O2)c2[nH]c(B3OC(C)(C)C(C)(C)O3)cc2c1. The maximum Gasteiger partial charge on any atom is 0.512 e. The molecule has 0 radical (unpaired) electrons. The van der Waals surface area contributed by atoms with Crippen LogP contribution >= 0.6 is 0 Å². The van der Waals surface area contributed by atoms with Gasteiger partial charge >= 0.3 is 14.2 Å². The Labute approximate surface area is 173 Å². The van der Waals surface area contributed by atoms with Gasteiger partial charge in [0.1, 0.15) is 5.75 Å². The second kappa shape index (κ2) is 6.27. The summed E-state index contributed by atoms with van der Waals surface area (Å²) in [5, 5.41) is 0.999. The predicted octanol–water partition coefficient (Wildman–Crippen LogP) is 2.77. The number of rotatable bonds is 3. The van der Waals surface area contributed by atoms with Crippen LogP contribution in [-0.2, 0) is 18.6 Å². The second-order valence-electron chi connectivity index (χ2n) is 10.1. The molecule has 0 aliphatic carbocycles. The lowest BCUT2D eigenvalue weighted by Crippen LogP contribution is -2.41. The highest BCUT2D eigenvalue weighted by Crippen LogP contribution is 2.38. The Balaban J connectivity index is 1.77. The minimum atomic E-state index is -0.498. The van der Waals surface area contributed by atoms with E-state index in [4.69, 9.17) is 23.4 Å². The number of aromatic nitrogens is 1. The first kappa shape index (κ1) is 20.8. The lowest BCUT2D eigenvalue weighted by atomic mass is 9.77. The topological polar surface area (TPSA) is 61.9 Å². The van der Waals surface area contributed by atoms with Crippen LogP contribution < -0.4 is 15.8 Å². The molecule has 29 heavy (non-hydrogen) atoms. The van der Waals surface area contributed by atoms with Crippen molar-refractivity contribution in [2.24, 2.45) is 0 Å². The summed E-state index contributed by atoms with van der Waals surface area (Å²) in [4.78, 5) is 3.50. The molecule has 156 valence electrons. The van der Waals surface area contributed by atoms with E-state index in [-0.39, 0.29) is 0 Å². The van der Waals surface area contributed by atoms with Crippen LogP contribution in [0.15, 0.2) is 18.2 Å². The molecule has 4 rings (SSSR count). The molecule has 3 heterocycles. The minimum absolute atomic E-state index is 0.402. The molecule has 8 heteroatoms. The zero-order valence-electron chi connectivity index (χ0n) is 18.9. The third kappa shape index (κ3) is 3.21. The number of benzene rings is 1. The lowest BCUT2D eigenvalue weighted by Gasteiger charge is -2.32. The van der Waals surface area contributed by atoms with Gasteiger partial charge in [0.2, 0.25) is 0 Å². The summed E-state index contributed by atoms with van der Waals surface area (Å²) in [7, 11) is 0.698. The fourth-order valence-corrected chi connectivity index (χ4v) is 3.64. The van der Waals surface area contributed by atoms with Crippen molar-refractivity contribution in [2.75, 3.05) is 7.11 Å². The molecule has 2 aliphatic heterocycles. The molecule has 0 amide bonds. The van der Waals surface area contributed by atoms with Crippen molar-refractivity contribution in [2.45, 2.75) is 77.8 Å². The Morgan fingerprint density at radius 3 is 1.69 bits per heavy atom. The van der Waals surface area contributed by atoms with E-state index < -0.39 is 36.6 Å². The van der Waals surface area contributed by atoms with Crippen molar-refractivity contribution in [1.82, 2.24) is 4.98 Å². The van der Waals surface area contributed by atoms with Crippen molar-refractivity contribution < 1.29 is 23.4 Å². The second-order valence-corrected chi connectivity index (χ2v) is 10.1. The molecule has 1 aromatic heterocycles. The van der Waals surface area contributed by atoms with E-state index in [1.165, 1.54) is 0 Å². The van der Waals surface area contributed by atoms with Gasteiger partial charge in [0.15, 0.2) is 0 Å². The van der Waals surface area contributed by atoms with Gasteiger partial charge in [-0.3, -0.25) is 0 Å². The standard InChI is InChI=1S/C21H31B2NO5/c1-18(2)19(3,4)27-22(26-18)15-12-14(25-9)10-13-11-16(24-17(13)15)23-28-20(5,6)21(7,8)29-23/h10-12,24H,1-9H3. The molecule has 0 unspecified atom stereocenters. The minimum Gasteiger partial charge on any atom is -0.497 e. The average molecular weight is 399 g/mol. The van der Waals surface area contributed by atoms with Crippen LogP contribution in [0.25, 0.3) is 10.9 Å². The average Bonchev–Trinajstić information content (AvgIpc) is 3.17. The molecule has 1 aromatic carbocycles. The van der Waals surface area contributed by atoms with Crippen LogP contribution in [0.4, 0.5) is 0 Å². The monoisotopic (exact) mass is 399 g/mol. The van der Waals surface area contributed by atoms with Gasteiger partial charge in [-0.2, -0.15) is 0 Å². The summed E-state index contributed by atoms with van der Waals surface area (Å²) in [6.07, 6.45) is 0. The Kier molecular flexibility index (Phi) is 4.49. The van der Waals surface area contributed by atoms with Crippen LogP contribution in [0.1, 0.15) is 55.4 Å². The number of H-pyrrole nitrogens is 1. The molecule has 1 N–H and O–H groups in total. The normalized spacial score (nSPS) is 24.4. The summed E-state index contributed by atoms with van der Waals surface area (Å²) in [6.45, 7) is 16.4. The Bertz CT molecular complexity index is 918. The number of hydrogen-bond donors (Lipinski definition) is 1. The lowest BCUT2D eigenvalue weighted by molar-refractivity contribution is 0.00578. The molecule has 2 aliphatic rings. The molecule has 2 fully saturated rings. The fourth-order valence-electron chi connectivity index (χ4n) is 3.64. The highest BCUT2D eigenvalue weighted by atomic mass is 16.7. The van der Waals surface area contributed by atoms with E-state index >= 15 is 0 Å². The van der Waals surface area contributed by atoms with Crippen LogP contribution in [0.2, 0.25) is 0 Å². The maximum atomic E-state index is 6.30. The summed E-state index contributed by atoms with van der Waals surface area (Å²) >= 11 is 0. The maximum absolute atomic E-state index is 6.30. The van der Waals surface area contributed by atoms with E-state index in [1.807, 2.05) is 12.1 Å². The summed E-state index contributed by atoms with van der Waals surface area (Å²) in [6, 6.07) is 6.01. The van der Waals surface area contributed by atoms with Crippen LogP contribution in [-0.4, -0.2) is 48.7 Å². The van der Waals surface area contributed by atoms with Crippen LogP contribution in [0.3, 0.4) is 0 Å². The van der Waals surface area contributed by atoms with E-state index in [2.05, 4.69) is 66.4 Å². The Hall–Kier alpha value is -1.47. The predicted molar refractivity (Wildman–Crippen MR) is 116 cm³/mol. The fraction of sp³-hybridized carbons (Fsp3) is 0.619. The van der Waals surface area contributed by atoms with Crippen molar-refractivity contribution in [3.63, 3.8) is 0 Å². The third-order valence-corrected chi connectivity index (χ3v) is 7.00. The molecule has 2 saturated heterocycles. The zero-order valence-corrected chi connectivity index (χ0v) is 18.9. The first-order chi connectivity index (χ1) is 13.3. The van der Waals surface area contributed by atoms with Gasteiger partial charge in [-0.05, 0) is 73.6 Å². The number of ether oxygens (including phenoxy) is 1. The largest absolute Gasteiger partial charge is 0.512 e. The van der Waals surface area contributed by atoms with Crippen molar-refractivity contribution >= 4 is 36.2 Å². The van der Waals surface area contributed by atoms with Gasteiger partial charge in [0, 0.05) is 22.0 Å². The molecule has 0 saturated carbocycles. The van der Waals surface area contributed by atoms with Crippen LogP contribution in [0, 0.1) is 0 Å². The molecule has 2 aromatic rings. The van der Waals surface area contributed by atoms with Crippen LogP contribution in [0.5, 0.6) is 5.75 Å². The molecular weight excluding hydrogens is 368 g/mol. The van der Waals surface area contributed by atoms with Crippen molar-refractivity contribution in [3.8, 4) is 5.75 Å². The number of aromatic amines is 1. The molecule has 0 spiro atoms. The van der Waals surface area contributed by atoms with Gasteiger partial charge in [0.25, 0.3) is 0 Å². The first-order valence-corrected chi connectivity index (χ1v) is 10.2. The summed E-state index contributed by atoms with van der Waals surface area (Å²) in [5.41, 5.74) is 1.06. The van der Waals surface area contributed by atoms with Gasteiger partial charge in [-0.25, -0.2) is 0 Å². The smallest absolute Gasteiger partial charge is 0.497 e. The van der Waals surface area contributed by atoms with Gasteiger partial charge in [-0.1, -0.05) is 0 Å². The van der Waals surface area contributed by atoms with Crippen molar-refractivity contribution in [1.29, 1.82) is 0 Å². The van der Waals surface area contributed by atoms with Gasteiger partial charge in [0.05, 0.1) is 29.5 Å². The first-order valence-electron chi connectivity index (χ1n) is 10.2. The van der Waals surface area contributed by atoms with E-state index in [0.29, 0.717) is 0 Å². The number of methoxy groups -OCH3 is 1. The molecular formula is C21H31B2NO5. The summed E-state index contributed by atoms with van der Waals surface area (Å²) < 4.78 is 30.6. The van der Waals surface area contributed by atoms with Gasteiger partial charge in [-0.15, -0.1) is 0 Å². The highest BCUT2D eigenvalue weighted by Gasteiger charge is 2.54. The van der Waals surface area contributed by atoms with E-state index in [9.17, 15) is 0 Å².